The van der Waals surface area contributed by atoms with Crippen molar-refractivity contribution in [3.8, 4) is 0 Å². The summed E-state index contributed by atoms with van der Waals surface area (Å²) in [7, 11) is -3.56. The molecule has 0 aliphatic rings. The Morgan fingerprint density at radius 2 is 1.71 bits per heavy atom. The highest BCUT2D eigenvalue weighted by atomic mass is 35.5. The molecule has 2 aromatic rings. The molecular weight excluding hydrogens is 342 g/mol. The first-order chi connectivity index (χ1) is 11.4. The van der Waals surface area contributed by atoms with E-state index in [0.29, 0.717) is 11.6 Å². The number of halogens is 1. The number of benzene rings is 2. The zero-order chi connectivity index (χ0) is 17.6. The van der Waals surface area contributed by atoms with Crippen molar-refractivity contribution in [2.75, 3.05) is 6.54 Å². The second kappa shape index (κ2) is 8.47. The molecule has 0 heterocycles. The van der Waals surface area contributed by atoms with Crippen LogP contribution in [-0.4, -0.2) is 25.3 Å². The summed E-state index contributed by atoms with van der Waals surface area (Å²) in [5, 5.41) is 0.521. The largest absolute Gasteiger partial charge is 0.243 e. The summed E-state index contributed by atoms with van der Waals surface area (Å²) in [4.78, 5) is 0.264. The first-order valence-electron chi connectivity index (χ1n) is 7.94. The highest BCUT2D eigenvalue weighted by Crippen LogP contribution is 2.21. The van der Waals surface area contributed by atoms with Crippen LogP contribution in [0.5, 0.6) is 0 Å². The third kappa shape index (κ3) is 4.69. The molecule has 0 aromatic heterocycles. The smallest absolute Gasteiger partial charge is 0.207 e. The van der Waals surface area contributed by atoms with Crippen molar-refractivity contribution >= 4 is 27.7 Å². The maximum Gasteiger partial charge on any atom is 0.243 e. The lowest BCUT2D eigenvalue weighted by Gasteiger charge is -2.26. The summed E-state index contributed by atoms with van der Waals surface area (Å²) in [5.74, 6) is 0. The van der Waals surface area contributed by atoms with E-state index in [0.717, 1.165) is 12.0 Å². The zero-order valence-corrected chi connectivity index (χ0v) is 15.5. The molecule has 3 nitrogen and oxygen atoms in total. The maximum atomic E-state index is 12.9. The predicted molar refractivity (Wildman–Crippen MR) is 101 cm³/mol. The van der Waals surface area contributed by atoms with Crippen molar-refractivity contribution in [2.24, 2.45) is 0 Å². The summed E-state index contributed by atoms with van der Waals surface area (Å²) >= 11 is 5.86. The summed E-state index contributed by atoms with van der Waals surface area (Å²) in [6, 6.07) is 16.0. The van der Waals surface area contributed by atoms with Crippen molar-refractivity contribution in [1.82, 2.24) is 4.31 Å². The second-order valence-corrected chi connectivity index (χ2v) is 7.93. The lowest BCUT2D eigenvalue weighted by Crippen LogP contribution is -2.38. The van der Waals surface area contributed by atoms with Crippen LogP contribution >= 0.6 is 11.6 Å². The van der Waals surface area contributed by atoms with E-state index in [1.54, 1.807) is 24.3 Å². The molecule has 1 unspecified atom stereocenters. The monoisotopic (exact) mass is 363 g/mol. The van der Waals surface area contributed by atoms with E-state index in [-0.39, 0.29) is 10.9 Å². The Labute approximate surface area is 149 Å². The molecule has 0 spiro atoms. The Bertz CT molecular complexity index is 771. The molecule has 0 saturated heterocycles. The molecule has 24 heavy (non-hydrogen) atoms. The maximum absolute atomic E-state index is 12.9. The minimum atomic E-state index is -3.56. The fourth-order valence-corrected chi connectivity index (χ4v) is 4.10. The van der Waals surface area contributed by atoms with Crippen LogP contribution in [0, 0.1) is 0 Å². The van der Waals surface area contributed by atoms with Gasteiger partial charge in [0.1, 0.15) is 0 Å². The number of sulfonamides is 1. The number of rotatable bonds is 7. The van der Waals surface area contributed by atoms with Crippen molar-refractivity contribution in [3.63, 3.8) is 0 Å². The van der Waals surface area contributed by atoms with E-state index in [2.05, 4.69) is 0 Å². The molecule has 2 aromatic carbocycles. The van der Waals surface area contributed by atoms with Crippen molar-refractivity contribution < 1.29 is 8.42 Å². The Balaban J connectivity index is 2.24. The number of nitrogens with zero attached hydrogens (tertiary/aromatic N) is 1. The van der Waals surface area contributed by atoms with E-state index in [1.165, 1.54) is 4.31 Å². The standard InChI is InChI=1S/C19H22ClNO2S/c1-3-16(2)21(15-7-10-17-8-5-4-6-9-17)24(22,23)19-13-11-18(20)12-14-19/h4-14,16H,3,15H2,1-2H3/b10-7+. The third-order valence-electron chi connectivity index (χ3n) is 3.90. The van der Waals surface area contributed by atoms with Crippen molar-refractivity contribution in [3.05, 3.63) is 71.3 Å². The van der Waals surface area contributed by atoms with E-state index < -0.39 is 10.0 Å². The quantitative estimate of drug-likeness (QED) is 0.705. The Morgan fingerprint density at radius 1 is 1.08 bits per heavy atom. The van der Waals surface area contributed by atoms with Gasteiger partial charge in [-0.1, -0.05) is 61.0 Å². The highest BCUT2D eigenvalue weighted by molar-refractivity contribution is 7.89. The molecule has 0 bridgehead atoms. The third-order valence-corrected chi connectivity index (χ3v) is 6.14. The molecule has 0 N–H and O–H groups in total. The van der Waals surface area contributed by atoms with Gasteiger partial charge in [-0.3, -0.25) is 0 Å². The molecule has 0 aliphatic heterocycles. The molecule has 0 amide bonds. The van der Waals surface area contributed by atoms with Gasteiger partial charge in [0.15, 0.2) is 0 Å². The van der Waals surface area contributed by atoms with Gasteiger partial charge in [-0.25, -0.2) is 8.42 Å². The van der Waals surface area contributed by atoms with Crippen molar-refractivity contribution in [1.29, 1.82) is 0 Å². The van der Waals surface area contributed by atoms with Crippen LogP contribution in [0.3, 0.4) is 0 Å². The topological polar surface area (TPSA) is 37.4 Å². The van der Waals surface area contributed by atoms with Gasteiger partial charge in [0, 0.05) is 17.6 Å². The lowest BCUT2D eigenvalue weighted by atomic mass is 10.2. The average molecular weight is 364 g/mol. The second-order valence-electron chi connectivity index (χ2n) is 5.60. The van der Waals surface area contributed by atoms with Crippen LogP contribution in [0.25, 0.3) is 6.08 Å². The minimum absolute atomic E-state index is 0.0916. The SMILES string of the molecule is CCC(C)N(C/C=C/c1ccccc1)S(=O)(=O)c1ccc(Cl)cc1. The summed E-state index contributed by atoms with van der Waals surface area (Å²) in [6.07, 6.45) is 4.56. The van der Waals surface area contributed by atoms with Crippen molar-refractivity contribution in [2.45, 2.75) is 31.2 Å². The molecular formula is C19H22ClNO2S. The number of hydrogen-bond acceptors (Lipinski definition) is 2. The van der Waals surface area contributed by atoms with Crippen LogP contribution in [0.15, 0.2) is 65.6 Å². The Kier molecular flexibility index (Phi) is 6.60. The summed E-state index contributed by atoms with van der Waals surface area (Å²) in [6.45, 7) is 4.23. The van der Waals surface area contributed by atoms with Gasteiger partial charge in [0.05, 0.1) is 4.90 Å². The fourth-order valence-electron chi connectivity index (χ4n) is 2.32. The van der Waals surface area contributed by atoms with Gasteiger partial charge in [0.25, 0.3) is 0 Å². The van der Waals surface area contributed by atoms with E-state index in [4.69, 9.17) is 11.6 Å². The van der Waals surface area contributed by atoms with Gasteiger partial charge < -0.3 is 0 Å². The molecule has 1 atom stereocenters. The van der Waals surface area contributed by atoms with Crippen LogP contribution < -0.4 is 0 Å². The fraction of sp³-hybridized carbons (Fsp3) is 0.263. The number of hydrogen-bond donors (Lipinski definition) is 0. The van der Waals surface area contributed by atoms with Crippen LogP contribution in [0.1, 0.15) is 25.8 Å². The molecule has 5 heteroatoms. The average Bonchev–Trinajstić information content (AvgIpc) is 2.59. The Morgan fingerprint density at radius 3 is 2.29 bits per heavy atom. The minimum Gasteiger partial charge on any atom is -0.207 e. The lowest BCUT2D eigenvalue weighted by molar-refractivity contribution is 0.355. The van der Waals surface area contributed by atoms with Crippen LogP contribution in [-0.2, 0) is 10.0 Å². The summed E-state index contributed by atoms with van der Waals surface area (Å²) < 4.78 is 27.4. The predicted octanol–water partition coefficient (Wildman–Crippen LogP) is 4.84. The molecule has 0 saturated carbocycles. The Hall–Kier alpha value is -1.62. The van der Waals surface area contributed by atoms with Crippen LogP contribution in [0.2, 0.25) is 5.02 Å². The first kappa shape index (κ1) is 18.7. The van der Waals surface area contributed by atoms with Crippen LogP contribution in [0.4, 0.5) is 0 Å². The first-order valence-corrected chi connectivity index (χ1v) is 9.76. The van der Waals surface area contributed by atoms with E-state index >= 15 is 0 Å². The highest BCUT2D eigenvalue weighted by Gasteiger charge is 2.27. The van der Waals surface area contributed by atoms with Gasteiger partial charge in [0.2, 0.25) is 10.0 Å². The van der Waals surface area contributed by atoms with E-state index in [1.807, 2.05) is 56.3 Å². The molecule has 0 fully saturated rings. The van der Waals surface area contributed by atoms with Gasteiger partial charge in [-0.2, -0.15) is 4.31 Å². The van der Waals surface area contributed by atoms with Gasteiger partial charge in [-0.15, -0.1) is 0 Å². The molecule has 2 rings (SSSR count). The van der Waals surface area contributed by atoms with E-state index in [9.17, 15) is 8.42 Å². The normalized spacial score (nSPS) is 13.5. The zero-order valence-electron chi connectivity index (χ0n) is 13.9. The van der Waals surface area contributed by atoms with Gasteiger partial charge >= 0.3 is 0 Å². The molecule has 128 valence electrons. The molecule has 0 aliphatic carbocycles. The van der Waals surface area contributed by atoms with Gasteiger partial charge in [-0.05, 0) is 43.2 Å². The molecule has 0 radical (unpaired) electrons. The summed E-state index contributed by atoms with van der Waals surface area (Å²) in [5.41, 5.74) is 1.05.